The normalized spacial score (nSPS) is 21.4. The molecule has 122 valence electrons. The first kappa shape index (κ1) is 16.0. The lowest BCUT2D eigenvalue weighted by atomic mass is 10.1. The Labute approximate surface area is 140 Å². The van der Waals surface area contributed by atoms with Gasteiger partial charge in [0, 0.05) is 36.8 Å². The van der Waals surface area contributed by atoms with Crippen molar-refractivity contribution in [2.75, 3.05) is 19.7 Å². The molecule has 1 aliphatic rings. The molecule has 1 aromatic carbocycles. The molecule has 2 aromatic rings. The largest absolute Gasteiger partial charge is 0.481 e. The Hall–Kier alpha value is -1.85. The highest BCUT2D eigenvalue weighted by Crippen LogP contribution is 2.29. The fourth-order valence-corrected chi connectivity index (χ4v) is 3.07. The van der Waals surface area contributed by atoms with E-state index in [-0.39, 0.29) is 24.6 Å². The van der Waals surface area contributed by atoms with Crippen molar-refractivity contribution in [2.45, 2.75) is 25.9 Å². The summed E-state index contributed by atoms with van der Waals surface area (Å²) in [6, 6.07) is 7.67. The quantitative estimate of drug-likeness (QED) is 0.937. The van der Waals surface area contributed by atoms with Gasteiger partial charge in [0.25, 0.3) is 5.91 Å². The maximum atomic E-state index is 12.5. The van der Waals surface area contributed by atoms with E-state index < -0.39 is 0 Å². The number of piperazine rings is 1. The predicted octanol–water partition coefficient (Wildman–Crippen LogP) is 2.48. The zero-order valence-electron chi connectivity index (χ0n) is 13.3. The molecule has 6 heteroatoms. The van der Waals surface area contributed by atoms with Gasteiger partial charge in [0.05, 0.1) is 5.02 Å². The van der Waals surface area contributed by atoms with Gasteiger partial charge in [-0.3, -0.25) is 9.78 Å². The second-order valence-electron chi connectivity index (χ2n) is 5.80. The monoisotopic (exact) mass is 333 g/mol. The number of carbonyl (C=O) groups excluding carboxylic acids is 1. The fourth-order valence-electron chi connectivity index (χ4n) is 2.86. The Bertz CT molecular complexity index is 722. The van der Waals surface area contributed by atoms with Crippen molar-refractivity contribution in [1.82, 2.24) is 15.2 Å². The van der Waals surface area contributed by atoms with Gasteiger partial charge >= 0.3 is 0 Å². The maximum Gasteiger partial charge on any atom is 0.260 e. The summed E-state index contributed by atoms with van der Waals surface area (Å²) in [5.74, 6) is 0.569. The zero-order valence-corrected chi connectivity index (χ0v) is 14.0. The van der Waals surface area contributed by atoms with Crippen LogP contribution < -0.4 is 10.1 Å². The van der Waals surface area contributed by atoms with Crippen LogP contribution in [0.25, 0.3) is 10.9 Å². The standard InChI is InChI=1S/C17H20ClN3O2/c1-11-12(2)21(9-8-19-11)16(22)10-23-15-6-5-14(18)13-4-3-7-20-17(13)15/h3-7,11-12,19H,8-10H2,1-2H3. The molecule has 2 heterocycles. The summed E-state index contributed by atoms with van der Waals surface area (Å²) in [5.41, 5.74) is 0.675. The van der Waals surface area contributed by atoms with Crippen LogP contribution in [-0.2, 0) is 4.79 Å². The van der Waals surface area contributed by atoms with Crippen molar-refractivity contribution in [3.05, 3.63) is 35.5 Å². The molecule has 2 unspecified atom stereocenters. The number of carbonyl (C=O) groups is 1. The minimum absolute atomic E-state index is 0.00433. The highest BCUT2D eigenvalue weighted by atomic mass is 35.5. The lowest BCUT2D eigenvalue weighted by Gasteiger charge is -2.38. The van der Waals surface area contributed by atoms with Gasteiger partial charge in [-0.2, -0.15) is 0 Å². The molecule has 1 fully saturated rings. The number of ether oxygens (including phenoxy) is 1. The van der Waals surface area contributed by atoms with E-state index in [1.165, 1.54) is 0 Å². The van der Waals surface area contributed by atoms with Gasteiger partial charge < -0.3 is 15.0 Å². The molecule has 1 aromatic heterocycles. The van der Waals surface area contributed by atoms with Crippen LogP contribution in [0.4, 0.5) is 0 Å². The van der Waals surface area contributed by atoms with Crippen LogP contribution in [0.1, 0.15) is 13.8 Å². The Morgan fingerprint density at radius 3 is 3.09 bits per heavy atom. The van der Waals surface area contributed by atoms with Crippen molar-refractivity contribution < 1.29 is 9.53 Å². The first-order valence-corrected chi connectivity index (χ1v) is 8.14. The summed E-state index contributed by atoms with van der Waals surface area (Å²) in [4.78, 5) is 18.6. The molecule has 0 radical (unpaired) electrons. The van der Waals surface area contributed by atoms with Crippen molar-refractivity contribution in [3.8, 4) is 5.75 Å². The second-order valence-corrected chi connectivity index (χ2v) is 6.21. The van der Waals surface area contributed by atoms with E-state index in [1.807, 2.05) is 24.0 Å². The number of fused-ring (bicyclic) bond motifs is 1. The number of hydrogen-bond donors (Lipinski definition) is 1. The van der Waals surface area contributed by atoms with E-state index in [2.05, 4.69) is 17.2 Å². The molecule has 2 atom stereocenters. The second kappa shape index (κ2) is 6.72. The number of nitrogens with one attached hydrogen (secondary N) is 1. The van der Waals surface area contributed by atoms with E-state index in [4.69, 9.17) is 16.3 Å². The number of amides is 1. The third kappa shape index (κ3) is 3.26. The van der Waals surface area contributed by atoms with E-state index in [0.29, 0.717) is 22.8 Å². The molecule has 1 N–H and O–H groups in total. The highest BCUT2D eigenvalue weighted by Gasteiger charge is 2.28. The molecule has 23 heavy (non-hydrogen) atoms. The van der Waals surface area contributed by atoms with Gasteiger partial charge in [0.1, 0.15) is 11.3 Å². The average Bonchev–Trinajstić information content (AvgIpc) is 2.57. The molecule has 0 spiro atoms. The molecule has 1 saturated heterocycles. The van der Waals surface area contributed by atoms with E-state index >= 15 is 0 Å². The summed E-state index contributed by atoms with van der Waals surface area (Å²) in [7, 11) is 0. The highest BCUT2D eigenvalue weighted by molar-refractivity contribution is 6.35. The van der Waals surface area contributed by atoms with Crippen molar-refractivity contribution >= 4 is 28.4 Å². The zero-order chi connectivity index (χ0) is 16.4. The molecule has 1 aliphatic heterocycles. The van der Waals surface area contributed by atoms with Crippen LogP contribution in [0.15, 0.2) is 30.5 Å². The lowest BCUT2D eigenvalue weighted by molar-refractivity contribution is -0.137. The number of rotatable bonds is 3. The molecule has 5 nitrogen and oxygen atoms in total. The molecule has 0 aliphatic carbocycles. The average molecular weight is 334 g/mol. The number of halogens is 1. The van der Waals surface area contributed by atoms with E-state index in [1.54, 1.807) is 18.3 Å². The third-order valence-corrected chi connectivity index (χ3v) is 4.71. The number of hydrogen-bond acceptors (Lipinski definition) is 4. The van der Waals surface area contributed by atoms with E-state index in [9.17, 15) is 4.79 Å². The SMILES string of the molecule is CC1NCCN(C(=O)COc2ccc(Cl)c3cccnc23)C1C. The van der Waals surface area contributed by atoms with Crippen molar-refractivity contribution in [1.29, 1.82) is 0 Å². The van der Waals surface area contributed by atoms with Crippen LogP contribution in [0, 0.1) is 0 Å². The molecule has 3 rings (SSSR count). The molecular weight excluding hydrogens is 314 g/mol. The lowest BCUT2D eigenvalue weighted by Crippen LogP contribution is -2.58. The summed E-state index contributed by atoms with van der Waals surface area (Å²) in [5, 5.41) is 4.81. The van der Waals surface area contributed by atoms with Crippen molar-refractivity contribution in [2.24, 2.45) is 0 Å². The fraction of sp³-hybridized carbons (Fsp3) is 0.412. The number of aromatic nitrogens is 1. The van der Waals surface area contributed by atoms with Crippen LogP contribution >= 0.6 is 11.6 Å². The van der Waals surface area contributed by atoms with Crippen LogP contribution in [0.2, 0.25) is 5.02 Å². The van der Waals surface area contributed by atoms with Gasteiger partial charge in [-0.1, -0.05) is 11.6 Å². The maximum absolute atomic E-state index is 12.5. The van der Waals surface area contributed by atoms with E-state index in [0.717, 1.165) is 11.9 Å². The Kier molecular flexibility index (Phi) is 4.68. The molecular formula is C17H20ClN3O2. The minimum Gasteiger partial charge on any atom is -0.481 e. The van der Waals surface area contributed by atoms with Gasteiger partial charge in [-0.05, 0) is 38.1 Å². The molecule has 1 amide bonds. The Morgan fingerprint density at radius 1 is 1.43 bits per heavy atom. The summed E-state index contributed by atoms with van der Waals surface area (Å²) in [6.45, 7) is 5.65. The third-order valence-electron chi connectivity index (χ3n) is 4.39. The molecule has 0 saturated carbocycles. The smallest absolute Gasteiger partial charge is 0.260 e. The van der Waals surface area contributed by atoms with Crippen molar-refractivity contribution in [3.63, 3.8) is 0 Å². The number of nitrogens with zero attached hydrogens (tertiary/aromatic N) is 2. The van der Waals surface area contributed by atoms with Gasteiger partial charge in [-0.25, -0.2) is 0 Å². The Morgan fingerprint density at radius 2 is 2.26 bits per heavy atom. The van der Waals surface area contributed by atoms with Gasteiger partial charge in [0.2, 0.25) is 0 Å². The minimum atomic E-state index is -0.00937. The summed E-state index contributed by atoms with van der Waals surface area (Å²) >= 11 is 6.17. The summed E-state index contributed by atoms with van der Waals surface area (Å²) in [6.07, 6.45) is 1.69. The van der Waals surface area contributed by atoms with Crippen LogP contribution in [0.5, 0.6) is 5.75 Å². The number of benzene rings is 1. The van der Waals surface area contributed by atoms with Crippen LogP contribution in [0.3, 0.4) is 0 Å². The van der Waals surface area contributed by atoms with Gasteiger partial charge in [0.15, 0.2) is 6.61 Å². The summed E-state index contributed by atoms with van der Waals surface area (Å²) < 4.78 is 5.74. The first-order valence-electron chi connectivity index (χ1n) is 7.77. The Balaban J connectivity index is 1.73. The van der Waals surface area contributed by atoms with Crippen LogP contribution in [-0.4, -0.2) is 47.6 Å². The predicted molar refractivity (Wildman–Crippen MR) is 90.9 cm³/mol. The first-order chi connectivity index (χ1) is 11.1. The topological polar surface area (TPSA) is 54.5 Å². The van der Waals surface area contributed by atoms with Gasteiger partial charge in [-0.15, -0.1) is 0 Å². The molecule has 0 bridgehead atoms. The number of pyridine rings is 1.